The van der Waals surface area contributed by atoms with Crippen molar-refractivity contribution in [2.24, 2.45) is 0 Å². The standard InChI is InChI=1S/C21H33F3O5/c1-5-19(29-18(4)13-20(26,27-14-18)21(22,23)24)11-8-6-7-9-16(10-12-19)28-17(25)15(2)3/h16,26H,2,5-14H2,1,3-4H3. The van der Waals surface area contributed by atoms with E-state index in [1.807, 2.05) is 6.92 Å². The molecule has 8 heteroatoms. The number of hydrogen-bond donors (Lipinski definition) is 1. The van der Waals surface area contributed by atoms with E-state index in [0.29, 0.717) is 31.3 Å². The van der Waals surface area contributed by atoms with Gasteiger partial charge in [-0.25, -0.2) is 4.79 Å². The first-order chi connectivity index (χ1) is 13.3. The SMILES string of the molecule is C=C(C)C(=O)OC1CCCCCC(CC)(OC2(C)COC(O)(C(F)(F)F)C2)CC1. The Bertz CT molecular complexity index is 608. The van der Waals surface area contributed by atoms with Gasteiger partial charge < -0.3 is 19.3 Å². The van der Waals surface area contributed by atoms with Crippen LogP contribution in [0.15, 0.2) is 12.2 Å². The number of ether oxygens (including phenoxy) is 3. The van der Waals surface area contributed by atoms with Gasteiger partial charge in [0.05, 0.1) is 17.8 Å². The monoisotopic (exact) mass is 422 g/mol. The summed E-state index contributed by atoms with van der Waals surface area (Å²) in [6, 6.07) is 0. The van der Waals surface area contributed by atoms with Gasteiger partial charge in [0.1, 0.15) is 6.10 Å². The van der Waals surface area contributed by atoms with Gasteiger partial charge in [0, 0.05) is 12.0 Å². The highest BCUT2D eigenvalue weighted by molar-refractivity contribution is 5.87. The highest BCUT2D eigenvalue weighted by atomic mass is 19.4. The molecule has 1 N–H and O–H groups in total. The maximum absolute atomic E-state index is 13.2. The van der Waals surface area contributed by atoms with Crippen molar-refractivity contribution in [2.75, 3.05) is 6.61 Å². The Morgan fingerprint density at radius 1 is 1.24 bits per heavy atom. The van der Waals surface area contributed by atoms with Crippen LogP contribution in [0, 0.1) is 0 Å². The van der Waals surface area contributed by atoms with Crippen molar-refractivity contribution < 1.29 is 37.3 Å². The van der Waals surface area contributed by atoms with E-state index in [-0.39, 0.29) is 12.7 Å². The molecule has 2 aliphatic rings. The van der Waals surface area contributed by atoms with E-state index in [4.69, 9.17) is 14.2 Å². The zero-order chi connectivity index (χ0) is 21.9. The van der Waals surface area contributed by atoms with E-state index in [9.17, 15) is 23.1 Å². The van der Waals surface area contributed by atoms with Crippen LogP contribution >= 0.6 is 0 Å². The van der Waals surface area contributed by atoms with Crippen LogP contribution in [-0.2, 0) is 19.0 Å². The third-order valence-corrected chi connectivity index (χ3v) is 5.98. The van der Waals surface area contributed by atoms with Crippen LogP contribution in [0.5, 0.6) is 0 Å². The molecule has 0 spiro atoms. The van der Waals surface area contributed by atoms with Crippen LogP contribution in [0.1, 0.15) is 78.6 Å². The average Bonchev–Trinajstić information content (AvgIpc) is 2.97. The number of halogens is 3. The van der Waals surface area contributed by atoms with Crippen LogP contribution < -0.4 is 0 Å². The van der Waals surface area contributed by atoms with E-state index in [0.717, 1.165) is 25.7 Å². The zero-order valence-electron chi connectivity index (χ0n) is 17.6. The average molecular weight is 422 g/mol. The molecule has 4 atom stereocenters. The highest BCUT2D eigenvalue weighted by Crippen LogP contribution is 2.47. The number of carbonyl (C=O) groups excluding carboxylic acids is 1. The van der Waals surface area contributed by atoms with E-state index >= 15 is 0 Å². The van der Waals surface area contributed by atoms with Gasteiger partial charge in [0.15, 0.2) is 0 Å². The van der Waals surface area contributed by atoms with Crippen molar-refractivity contribution in [3.05, 3.63) is 12.2 Å². The quantitative estimate of drug-likeness (QED) is 0.509. The second-order valence-electron chi connectivity index (χ2n) is 8.78. The first-order valence-electron chi connectivity index (χ1n) is 10.3. The summed E-state index contributed by atoms with van der Waals surface area (Å²) in [5.74, 6) is -3.61. The van der Waals surface area contributed by atoms with Crippen LogP contribution in [0.3, 0.4) is 0 Å². The number of carbonyl (C=O) groups is 1. The van der Waals surface area contributed by atoms with Crippen LogP contribution in [0.25, 0.3) is 0 Å². The maximum atomic E-state index is 13.2. The summed E-state index contributed by atoms with van der Waals surface area (Å²) < 4.78 is 56.1. The third-order valence-electron chi connectivity index (χ3n) is 5.98. The van der Waals surface area contributed by atoms with Gasteiger partial charge in [-0.05, 0) is 52.4 Å². The summed E-state index contributed by atoms with van der Waals surface area (Å²) in [6.45, 7) is 8.37. The molecule has 1 aliphatic carbocycles. The van der Waals surface area contributed by atoms with E-state index < -0.39 is 35.6 Å². The minimum absolute atomic E-state index is 0.272. The van der Waals surface area contributed by atoms with Crippen LogP contribution in [-0.4, -0.2) is 47.0 Å². The smallest absolute Gasteiger partial charge is 0.443 e. The van der Waals surface area contributed by atoms with Crippen molar-refractivity contribution in [3.8, 4) is 0 Å². The van der Waals surface area contributed by atoms with Gasteiger partial charge in [-0.15, -0.1) is 0 Å². The molecule has 0 amide bonds. The second kappa shape index (κ2) is 8.94. The largest absolute Gasteiger partial charge is 0.459 e. The van der Waals surface area contributed by atoms with Gasteiger partial charge >= 0.3 is 12.1 Å². The van der Waals surface area contributed by atoms with Crippen molar-refractivity contribution in [1.82, 2.24) is 0 Å². The molecule has 0 radical (unpaired) electrons. The second-order valence-corrected chi connectivity index (χ2v) is 8.78. The highest BCUT2D eigenvalue weighted by Gasteiger charge is 2.63. The molecule has 168 valence electrons. The number of rotatable bonds is 5. The summed E-state index contributed by atoms with van der Waals surface area (Å²) in [4.78, 5) is 11.9. The number of alkyl halides is 3. The fourth-order valence-electron chi connectivity index (χ4n) is 4.24. The first kappa shape index (κ1) is 24.2. The van der Waals surface area contributed by atoms with Gasteiger partial charge in [-0.2, -0.15) is 13.2 Å². The van der Waals surface area contributed by atoms with E-state index in [1.54, 1.807) is 13.8 Å². The summed E-state index contributed by atoms with van der Waals surface area (Å²) in [5, 5.41) is 9.90. The van der Waals surface area contributed by atoms with Gasteiger partial charge in [0.2, 0.25) is 0 Å². The van der Waals surface area contributed by atoms with Crippen molar-refractivity contribution in [2.45, 2.75) is 108 Å². The molecule has 0 aromatic carbocycles. The topological polar surface area (TPSA) is 65.0 Å². The normalized spacial score (nSPS) is 36.7. The minimum atomic E-state index is -4.88. The zero-order valence-corrected chi connectivity index (χ0v) is 17.6. The Morgan fingerprint density at radius 2 is 1.93 bits per heavy atom. The number of hydrogen-bond acceptors (Lipinski definition) is 5. The molecule has 0 aromatic heterocycles. The van der Waals surface area contributed by atoms with E-state index in [1.165, 1.54) is 0 Å². The lowest BCUT2D eigenvalue weighted by Gasteiger charge is -2.41. The Kier molecular flexibility index (Phi) is 7.44. The van der Waals surface area contributed by atoms with Gasteiger partial charge in [-0.3, -0.25) is 0 Å². The predicted molar refractivity (Wildman–Crippen MR) is 101 cm³/mol. The van der Waals surface area contributed by atoms with E-state index in [2.05, 4.69) is 6.58 Å². The minimum Gasteiger partial charge on any atom is -0.459 e. The lowest BCUT2D eigenvalue weighted by molar-refractivity contribution is -0.349. The van der Waals surface area contributed by atoms with Crippen molar-refractivity contribution in [1.29, 1.82) is 0 Å². The molecule has 5 nitrogen and oxygen atoms in total. The Morgan fingerprint density at radius 3 is 2.48 bits per heavy atom. The van der Waals surface area contributed by atoms with Gasteiger partial charge in [-0.1, -0.05) is 26.3 Å². The maximum Gasteiger partial charge on any atom is 0.443 e. The first-order valence-corrected chi connectivity index (χ1v) is 10.3. The summed E-state index contributed by atoms with van der Waals surface area (Å²) in [7, 11) is 0. The predicted octanol–water partition coefficient (Wildman–Crippen LogP) is 4.81. The molecular formula is C21H33F3O5. The van der Waals surface area contributed by atoms with Crippen LogP contribution in [0.4, 0.5) is 13.2 Å². The summed E-state index contributed by atoms with van der Waals surface area (Å²) in [5.41, 5.74) is -1.57. The molecule has 0 bridgehead atoms. The summed E-state index contributed by atoms with van der Waals surface area (Å²) >= 11 is 0. The number of esters is 1. The molecule has 1 saturated carbocycles. The molecule has 2 rings (SSSR count). The Labute approximate surface area is 170 Å². The molecule has 4 unspecified atom stereocenters. The van der Waals surface area contributed by atoms with Crippen molar-refractivity contribution in [3.63, 3.8) is 0 Å². The lowest BCUT2D eigenvalue weighted by Crippen LogP contribution is -2.48. The summed E-state index contributed by atoms with van der Waals surface area (Å²) in [6.07, 6.45) is 0.0413. The lowest BCUT2D eigenvalue weighted by atomic mass is 9.86. The molecular weight excluding hydrogens is 389 g/mol. The molecule has 1 aliphatic heterocycles. The Balaban J connectivity index is 2.13. The third kappa shape index (κ3) is 5.95. The molecule has 29 heavy (non-hydrogen) atoms. The van der Waals surface area contributed by atoms with Crippen molar-refractivity contribution >= 4 is 5.97 Å². The molecule has 2 fully saturated rings. The molecule has 1 heterocycles. The fourth-order valence-corrected chi connectivity index (χ4v) is 4.24. The Hall–Kier alpha value is -1.12. The van der Waals surface area contributed by atoms with Gasteiger partial charge in [0.25, 0.3) is 5.79 Å². The fraction of sp³-hybridized carbons (Fsp3) is 0.857. The number of aliphatic hydroxyl groups is 1. The molecule has 0 aromatic rings. The molecule has 1 saturated heterocycles. The van der Waals surface area contributed by atoms with Crippen LogP contribution in [0.2, 0.25) is 0 Å².